The zero-order valence-corrected chi connectivity index (χ0v) is 14.8. The number of benzene rings is 2. The van der Waals surface area contributed by atoms with Gasteiger partial charge in [-0.05, 0) is 30.7 Å². The number of para-hydroxylation sites is 3. The Morgan fingerprint density at radius 2 is 1.80 bits per heavy atom. The number of nitrogens with two attached hydrogens (primary N) is 1. The minimum atomic E-state index is 0.476. The Balaban J connectivity index is 1.62. The van der Waals surface area contributed by atoms with Crippen molar-refractivity contribution in [3.8, 4) is 0 Å². The van der Waals surface area contributed by atoms with E-state index >= 15 is 0 Å². The van der Waals surface area contributed by atoms with Gasteiger partial charge in [0, 0.05) is 24.2 Å². The van der Waals surface area contributed by atoms with Gasteiger partial charge in [-0.2, -0.15) is 0 Å². The molecule has 2 aromatic carbocycles. The summed E-state index contributed by atoms with van der Waals surface area (Å²) in [6, 6.07) is 19.5. The molecule has 0 amide bonds. The Morgan fingerprint density at radius 1 is 1.00 bits per heavy atom. The number of fused-ring (bicyclic) bond motifs is 1. The average Bonchev–Trinajstić information content (AvgIpc) is 3.07. The van der Waals surface area contributed by atoms with Crippen molar-refractivity contribution in [2.24, 2.45) is 0 Å². The Labute approximate surface area is 149 Å². The monoisotopic (exact) mass is 334 g/mol. The van der Waals surface area contributed by atoms with E-state index in [4.69, 9.17) is 5.73 Å². The second kappa shape index (κ2) is 6.71. The maximum absolute atomic E-state index is 6.25. The molecule has 1 aliphatic rings. The number of piperazine rings is 1. The van der Waals surface area contributed by atoms with Gasteiger partial charge in [0.2, 0.25) is 0 Å². The van der Waals surface area contributed by atoms with Crippen LogP contribution in [0.5, 0.6) is 0 Å². The van der Waals surface area contributed by atoms with Crippen LogP contribution in [0.2, 0.25) is 0 Å². The predicted octanol–water partition coefficient (Wildman–Crippen LogP) is 3.85. The van der Waals surface area contributed by atoms with E-state index in [0.29, 0.717) is 6.04 Å². The fourth-order valence-electron chi connectivity index (χ4n) is 4.00. The summed E-state index contributed by atoms with van der Waals surface area (Å²) < 4.78 is 2.32. The molecular formula is C21H26N4. The van der Waals surface area contributed by atoms with Crippen molar-refractivity contribution in [2.45, 2.75) is 25.8 Å². The van der Waals surface area contributed by atoms with Gasteiger partial charge in [0.05, 0.1) is 30.0 Å². The number of aromatic nitrogens is 1. The molecule has 0 aliphatic carbocycles. The molecule has 0 bridgehead atoms. The summed E-state index contributed by atoms with van der Waals surface area (Å²) in [5, 5.41) is 3.77. The lowest BCUT2D eigenvalue weighted by Crippen LogP contribution is -2.57. The summed E-state index contributed by atoms with van der Waals surface area (Å²) in [6.45, 7) is 5.26. The van der Waals surface area contributed by atoms with Gasteiger partial charge in [-0.15, -0.1) is 0 Å². The van der Waals surface area contributed by atoms with Gasteiger partial charge in [0.25, 0.3) is 0 Å². The summed E-state index contributed by atoms with van der Waals surface area (Å²) in [4.78, 5) is 2.50. The van der Waals surface area contributed by atoms with Crippen molar-refractivity contribution in [2.75, 3.05) is 35.3 Å². The van der Waals surface area contributed by atoms with E-state index in [2.05, 4.69) is 70.2 Å². The Hall–Kier alpha value is -2.62. The topological polar surface area (TPSA) is 37.4 Å². The molecule has 1 aliphatic heterocycles. The summed E-state index contributed by atoms with van der Waals surface area (Å²) in [6.07, 6.45) is 4.54. The molecule has 0 radical (unpaired) electrons. The lowest BCUT2D eigenvalue weighted by Gasteiger charge is -2.44. The molecule has 0 saturated carbocycles. The maximum Gasteiger partial charge on any atom is 0.0694 e. The second-order valence-corrected chi connectivity index (χ2v) is 6.83. The lowest BCUT2D eigenvalue weighted by atomic mass is 10.1. The van der Waals surface area contributed by atoms with E-state index in [1.807, 2.05) is 12.1 Å². The van der Waals surface area contributed by atoms with Crippen molar-refractivity contribution in [1.29, 1.82) is 0 Å². The largest absolute Gasteiger partial charge is 0.397 e. The molecule has 1 unspecified atom stereocenters. The third kappa shape index (κ3) is 2.93. The molecule has 4 heteroatoms. The zero-order chi connectivity index (χ0) is 17.2. The molecular weight excluding hydrogens is 308 g/mol. The molecule has 2 heterocycles. The van der Waals surface area contributed by atoms with Crippen LogP contribution < -0.4 is 15.6 Å². The Kier molecular flexibility index (Phi) is 4.26. The molecule has 3 aromatic rings. The number of rotatable bonds is 4. The number of hydrogen-bond acceptors (Lipinski definition) is 3. The van der Waals surface area contributed by atoms with E-state index < -0.39 is 0 Å². The van der Waals surface area contributed by atoms with Gasteiger partial charge in [-0.1, -0.05) is 43.7 Å². The molecule has 0 spiro atoms. The first-order valence-electron chi connectivity index (χ1n) is 9.20. The Morgan fingerprint density at radius 3 is 2.64 bits per heavy atom. The number of hydrogen-bond donors (Lipinski definition) is 1. The third-order valence-electron chi connectivity index (χ3n) is 5.21. The van der Waals surface area contributed by atoms with Gasteiger partial charge in [-0.3, -0.25) is 4.68 Å². The molecule has 2 N–H and O–H groups in total. The highest BCUT2D eigenvalue weighted by Crippen LogP contribution is 2.28. The summed E-state index contributed by atoms with van der Waals surface area (Å²) in [5.74, 6) is 0. The summed E-state index contributed by atoms with van der Waals surface area (Å²) in [5.41, 5.74) is 9.59. The van der Waals surface area contributed by atoms with Gasteiger partial charge in [0.15, 0.2) is 0 Å². The average molecular weight is 334 g/mol. The first-order valence-corrected chi connectivity index (χ1v) is 9.20. The van der Waals surface area contributed by atoms with E-state index in [1.54, 1.807) is 0 Å². The predicted molar refractivity (Wildman–Crippen MR) is 107 cm³/mol. The molecule has 25 heavy (non-hydrogen) atoms. The number of nitrogen functional groups attached to an aromatic ring is 1. The van der Waals surface area contributed by atoms with Crippen LogP contribution in [0.3, 0.4) is 0 Å². The van der Waals surface area contributed by atoms with Crippen molar-refractivity contribution in [1.82, 2.24) is 4.68 Å². The van der Waals surface area contributed by atoms with Crippen molar-refractivity contribution in [3.05, 3.63) is 60.8 Å². The van der Waals surface area contributed by atoms with Crippen LogP contribution in [-0.2, 0) is 0 Å². The minimum Gasteiger partial charge on any atom is -0.397 e. The van der Waals surface area contributed by atoms with Crippen molar-refractivity contribution in [3.63, 3.8) is 0 Å². The van der Waals surface area contributed by atoms with Crippen LogP contribution >= 0.6 is 0 Å². The zero-order valence-electron chi connectivity index (χ0n) is 14.8. The SMILES string of the molecule is CCCC1CN(n2ccc3ccccc32)CCN1c1ccccc1N. The van der Waals surface area contributed by atoms with Gasteiger partial charge >= 0.3 is 0 Å². The van der Waals surface area contributed by atoms with Crippen LogP contribution in [0.25, 0.3) is 10.9 Å². The van der Waals surface area contributed by atoms with Gasteiger partial charge in [-0.25, -0.2) is 0 Å². The Bertz CT molecular complexity index is 854. The van der Waals surface area contributed by atoms with Crippen molar-refractivity contribution >= 4 is 22.3 Å². The summed E-state index contributed by atoms with van der Waals surface area (Å²) in [7, 11) is 0. The van der Waals surface area contributed by atoms with E-state index in [9.17, 15) is 0 Å². The minimum absolute atomic E-state index is 0.476. The molecule has 1 atom stereocenters. The fraction of sp³-hybridized carbons (Fsp3) is 0.333. The van der Waals surface area contributed by atoms with E-state index in [0.717, 1.165) is 25.3 Å². The van der Waals surface area contributed by atoms with E-state index in [-0.39, 0.29) is 0 Å². The van der Waals surface area contributed by atoms with Crippen LogP contribution in [-0.4, -0.2) is 30.4 Å². The standard InChI is InChI=1S/C21H26N4/c1-2-7-18-16-23(25-13-12-17-8-3-5-10-20(17)25)14-15-24(18)21-11-6-4-9-19(21)22/h3-6,8-13,18H,2,7,14-16,22H2,1H3. The second-order valence-electron chi connectivity index (χ2n) is 6.83. The molecule has 1 fully saturated rings. The van der Waals surface area contributed by atoms with Crippen molar-refractivity contribution < 1.29 is 0 Å². The highest BCUT2D eigenvalue weighted by molar-refractivity contribution is 5.80. The normalized spacial score (nSPS) is 18.0. The number of anilines is 2. The quantitative estimate of drug-likeness (QED) is 0.737. The van der Waals surface area contributed by atoms with E-state index in [1.165, 1.54) is 29.4 Å². The summed E-state index contributed by atoms with van der Waals surface area (Å²) >= 11 is 0. The van der Waals surface area contributed by atoms with Crippen LogP contribution in [0.4, 0.5) is 11.4 Å². The molecule has 4 rings (SSSR count). The smallest absolute Gasteiger partial charge is 0.0694 e. The molecule has 130 valence electrons. The van der Waals surface area contributed by atoms with Gasteiger partial charge < -0.3 is 15.6 Å². The van der Waals surface area contributed by atoms with Crippen LogP contribution in [0.1, 0.15) is 19.8 Å². The van der Waals surface area contributed by atoms with Gasteiger partial charge in [0.1, 0.15) is 0 Å². The fourth-order valence-corrected chi connectivity index (χ4v) is 4.00. The lowest BCUT2D eigenvalue weighted by molar-refractivity contribution is 0.435. The molecule has 1 aromatic heterocycles. The third-order valence-corrected chi connectivity index (χ3v) is 5.21. The molecule has 4 nitrogen and oxygen atoms in total. The first kappa shape index (κ1) is 15.9. The van der Waals surface area contributed by atoms with Crippen LogP contribution in [0.15, 0.2) is 60.8 Å². The number of nitrogens with zero attached hydrogens (tertiary/aromatic N) is 3. The van der Waals surface area contributed by atoms with Crippen LogP contribution in [0, 0.1) is 0 Å². The first-order chi connectivity index (χ1) is 12.3. The maximum atomic E-state index is 6.25. The highest BCUT2D eigenvalue weighted by atomic mass is 15.6. The molecule has 1 saturated heterocycles. The highest BCUT2D eigenvalue weighted by Gasteiger charge is 2.28.